The maximum absolute atomic E-state index is 13.1. The van der Waals surface area contributed by atoms with Crippen LogP contribution in [0.5, 0.6) is 0 Å². The molecule has 146 valence electrons. The summed E-state index contributed by atoms with van der Waals surface area (Å²) in [6, 6.07) is 16.1. The van der Waals surface area contributed by atoms with Gasteiger partial charge in [0, 0.05) is 30.4 Å². The van der Waals surface area contributed by atoms with Crippen LogP contribution in [0.1, 0.15) is 35.7 Å². The molecule has 1 atom stereocenters. The Balaban J connectivity index is 1.45. The summed E-state index contributed by atoms with van der Waals surface area (Å²) >= 11 is 1.63. The van der Waals surface area contributed by atoms with E-state index >= 15 is 0 Å². The largest absolute Gasteiger partial charge is 0.339 e. The number of piperidine rings is 1. The van der Waals surface area contributed by atoms with Crippen LogP contribution in [0, 0.1) is 5.92 Å². The van der Waals surface area contributed by atoms with Gasteiger partial charge in [0.2, 0.25) is 0 Å². The maximum Gasteiger partial charge on any atom is 0.254 e. The Hall–Kier alpha value is -2.31. The van der Waals surface area contributed by atoms with E-state index in [0.29, 0.717) is 11.7 Å². The first-order valence-corrected chi connectivity index (χ1v) is 10.8. The first-order valence-electron chi connectivity index (χ1n) is 9.82. The standard InChI is InChI=1S/C22H26N4OS/c1-15(23)16-10-12-26(13-11-16)21(27)18-7-3-2-6-17(18)14-28-22-24-19-8-4-5-9-20(19)25-22/h2-9,15-16H,10-14,23H2,1H3,(H,24,25). The van der Waals surface area contributed by atoms with Gasteiger partial charge >= 0.3 is 0 Å². The van der Waals surface area contributed by atoms with Crippen LogP contribution in [0.15, 0.2) is 53.7 Å². The van der Waals surface area contributed by atoms with Gasteiger partial charge in [-0.25, -0.2) is 4.98 Å². The molecule has 6 heteroatoms. The summed E-state index contributed by atoms with van der Waals surface area (Å²) in [6.45, 7) is 3.64. The molecular weight excluding hydrogens is 368 g/mol. The van der Waals surface area contributed by atoms with Gasteiger partial charge in [0.1, 0.15) is 0 Å². The topological polar surface area (TPSA) is 75.0 Å². The molecule has 2 aromatic carbocycles. The van der Waals surface area contributed by atoms with Gasteiger partial charge in [0.15, 0.2) is 5.16 Å². The Kier molecular flexibility index (Phi) is 5.69. The number of rotatable bonds is 5. The number of benzene rings is 2. The molecule has 0 bridgehead atoms. The Bertz CT molecular complexity index is 927. The third-order valence-electron chi connectivity index (χ3n) is 5.55. The lowest BCUT2D eigenvalue weighted by Gasteiger charge is -2.34. The molecule has 3 aromatic rings. The molecule has 1 unspecified atom stereocenters. The van der Waals surface area contributed by atoms with Crippen LogP contribution in [0.3, 0.4) is 0 Å². The average molecular weight is 395 g/mol. The molecule has 3 N–H and O–H groups in total. The lowest BCUT2D eigenvalue weighted by molar-refractivity contribution is 0.0680. The van der Waals surface area contributed by atoms with Crippen molar-refractivity contribution in [3.8, 4) is 0 Å². The molecule has 0 saturated carbocycles. The van der Waals surface area contributed by atoms with Crippen molar-refractivity contribution in [2.45, 2.75) is 36.7 Å². The van der Waals surface area contributed by atoms with E-state index in [1.165, 1.54) is 0 Å². The highest BCUT2D eigenvalue weighted by Crippen LogP contribution is 2.26. The number of para-hydroxylation sites is 2. The van der Waals surface area contributed by atoms with E-state index in [0.717, 1.165) is 53.2 Å². The average Bonchev–Trinajstić information content (AvgIpc) is 3.15. The van der Waals surface area contributed by atoms with Gasteiger partial charge in [-0.1, -0.05) is 42.1 Å². The molecule has 0 radical (unpaired) electrons. The summed E-state index contributed by atoms with van der Waals surface area (Å²) in [4.78, 5) is 23.0. The molecule has 4 rings (SSSR count). The van der Waals surface area contributed by atoms with Crippen molar-refractivity contribution < 1.29 is 4.79 Å². The fourth-order valence-corrected chi connectivity index (χ4v) is 4.69. The van der Waals surface area contributed by atoms with E-state index in [-0.39, 0.29) is 11.9 Å². The minimum atomic E-state index is 0.129. The first kappa shape index (κ1) is 19.0. The predicted molar refractivity (Wildman–Crippen MR) is 114 cm³/mol. The van der Waals surface area contributed by atoms with Crippen LogP contribution in [0.4, 0.5) is 0 Å². The van der Waals surface area contributed by atoms with Crippen molar-refractivity contribution in [3.05, 3.63) is 59.7 Å². The fourth-order valence-electron chi connectivity index (χ4n) is 3.80. The van der Waals surface area contributed by atoms with Crippen molar-refractivity contribution in [1.29, 1.82) is 0 Å². The lowest BCUT2D eigenvalue weighted by Crippen LogP contribution is -2.42. The number of imidazole rings is 1. The monoisotopic (exact) mass is 394 g/mol. The van der Waals surface area contributed by atoms with Crippen LogP contribution in [-0.2, 0) is 5.75 Å². The summed E-state index contributed by atoms with van der Waals surface area (Å²) in [5.74, 6) is 1.35. The minimum absolute atomic E-state index is 0.129. The lowest BCUT2D eigenvalue weighted by atomic mass is 9.90. The normalized spacial score (nSPS) is 16.4. The molecule has 1 fully saturated rings. The zero-order chi connectivity index (χ0) is 19.5. The van der Waals surface area contributed by atoms with E-state index in [2.05, 4.69) is 16.9 Å². The number of amides is 1. The van der Waals surface area contributed by atoms with Crippen molar-refractivity contribution in [2.24, 2.45) is 11.7 Å². The number of nitrogens with one attached hydrogen (secondary N) is 1. The summed E-state index contributed by atoms with van der Waals surface area (Å²) in [7, 11) is 0. The summed E-state index contributed by atoms with van der Waals surface area (Å²) in [5.41, 5.74) is 9.87. The number of nitrogens with zero attached hydrogens (tertiary/aromatic N) is 2. The molecule has 1 aliphatic heterocycles. The van der Waals surface area contributed by atoms with Gasteiger partial charge in [-0.05, 0) is 49.4 Å². The second-order valence-electron chi connectivity index (χ2n) is 7.49. The Morgan fingerprint density at radius 2 is 1.93 bits per heavy atom. The molecule has 0 spiro atoms. The summed E-state index contributed by atoms with van der Waals surface area (Å²) < 4.78 is 0. The number of carbonyl (C=O) groups excluding carboxylic acids is 1. The molecule has 1 amide bonds. The summed E-state index contributed by atoms with van der Waals surface area (Å²) in [5, 5.41) is 0.876. The Labute approximate surface area is 169 Å². The van der Waals surface area contributed by atoms with Gasteiger partial charge in [-0.3, -0.25) is 4.79 Å². The number of H-pyrrole nitrogens is 1. The zero-order valence-corrected chi connectivity index (χ0v) is 16.9. The van der Waals surface area contributed by atoms with Crippen LogP contribution < -0.4 is 5.73 Å². The van der Waals surface area contributed by atoms with E-state index in [9.17, 15) is 4.79 Å². The van der Waals surface area contributed by atoms with Gasteiger partial charge in [0.05, 0.1) is 11.0 Å². The highest BCUT2D eigenvalue weighted by atomic mass is 32.2. The quantitative estimate of drug-likeness (QED) is 0.640. The predicted octanol–water partition coefficient (Wildman–Crippen LogP) is 4.05. The maximum atomic E-state index is 13.1. The van der Waals surface area contributed by atoms with E-state index in [4.69, 9.17) is 5.73 Å². The van der Waals surface area contributed by atoms with Crippen LogP contribution in [0.25, 0.3) is 11.0 Å². The van der Waals surface area contributed by atoms with Gasteiger partial charge in [-0.15, -0.1) is 0 Å². The molecule has 1 saturated heterocycles. The molecular formula is C22H26N4OS. The van der Waals surface area contributed by atoms with Gasteiger partial charge < -0.3 is 15.6 Å². The van der Waals surface area contributed by atoms with Crippen LogP contribution >= 0.6 is 11.8 Å². The smallest absolute Gasteiger partial charge is 0.254 e. The van der Waals surface area contributed by atoms with Crippen LogP contribution in [0.2, 0.25) is 0 Å². The van der Waals surface area contributed by atoms with E-state index in [1.54, 1.807) is 11.8 Å². The molecule has 1 aliphatic rings. The van der Waals surface area contributed by atoms with E-state index < -0.39 is 0 Å². The number of thioether (sulfide) groups is 1. The summed E-state index contributed by atoms with van der Waals surface area (Å²) in [6.07, 6.45) is 1.97. The van der Waals surface area contributed by atoms with Crippen molar-refractivity contribution >= 4 is 28.7 Å². The molecule has 1 aromatic heterocycles. The van der Waals surface area contributed by atoms with Crippen molar-refractivity contribution in [3.63, 3.8) is 0 Å². The SMILES string of the molecule is CC(N)C1CCN(C(=O)c2ccccc2CSc2nc3ccccc3[nH]2)CC1. The molecule has 2 heterocycles. The number of likely N-dealkylation sites (tertiary alicyclic amines) is 1. The highest BCUT2D eigenvalue weighted by molar-refractivity contribution is 7.98. The van der Waals surface area contributed by atoms with Crippen molar-refractivity contribution in [1.82, 2.24) is 14.9 Å². The number of nitrogens with two attached hydrogens (primary N) is 1. The van der Waals surface area contributed by atoms with Crippen LogP contribution in [-0.4, -0.2) is 39.9 Å². The second-order valence-corrected chi connectivity index (χ2v) is 8.46. The minimum Gasteiger partial charge on any atom is -0.339 e. The van der Waals surface area contributed by atoms with Crippen molar-refractivity contribution in [2.75, 3.05) is 13.1 Å². The number of carbonyl (C=O) groups is 1. The number of hydrogen-bond acceptors (Lipinski definition) is 4. The first-order chi connectivity index (χ1) is 13.6. The van der Waals surface area contributed by atoms with Gasteiger partial charge in [-0.2, -0.15) is 0 Å². The van der Waals surface area contributed by atoms with Gasteiger partial charge in [0.25, 0.3) is 5.91 Å². The Morgan fingerprint density at radius 3 is 2.68 bits per heavy atom. The fraction of sp³-hybridized carbons (Fsp3) is 0.364. The number of aromatic amines is 1. The zero-order valence-electron chi connectivity index (χ0n) is 16.1. The number of hydrogen-bond donors (Lipinski definition) is 2. The third-order valence-corrected chi connectivity index (χ3v) is 6.47. The molecule has 28 heavy (non-hydrogen) atoms. The van der Waals surface area contributed by atoms with E-state index in [1.807, 2.05) is 53.4 Å². The second kappa shape index (κ2) is 8.37. The highest BCUT2D eigenvalue weighted by Gasteiger charge is 2.26. The third kappa shape index (κ3) is 4.08. The number of fused-ring (bicyclic) bond motifs is 1. The number of aromatic nitrogens is 2. The molecule has 5 nitrogen and oxygen atoms in total. The Morgan fingerprint density at radius 1 is 1.21 bits per heavy atom. The molecule has 0 aliphatic carbocycles.